The van der Waals surface area contributed by atoms with E-state index in [4.69, 9.17) is 11.6 Å². The predicted octanol–water partition coefficient (Wildman–Crippen LogP) is 3.17. The van der Waals surface area contributed by atoms with Gasteiger partial charge in [0.1, 0.15) is 6.33 Å². The van der Waals surface area contributed by atoms with Crippen molar-refractivity contribution in [3.8, 4) is 11.1 Å². The topological polar surface area (TPSA) is 75.1 Å². The maximum Gasteiger partial charge on any atom is 0.217 e. The number of hydrogen-bond donors (Lipinski definition) is 2. The Kier molecular flexibility index (Phi) is 3.46. The molecule has 4 rings (SSSR count). The average Bonchev–Trinajstić information content (AvgIpc) is 3.17. The number of benzene rings is 1. The van der Waals surface area contributed by atoms with E-state index in [9.17, 15) is 4.79 Å². The lowest BCUT2D eigenvalue weighted by Gasteiger charge is -2.05. The van der Waals surface area contributed by atoms with Gasteiger partial charge in [-0.15, -0.1) is 0 Å². The second-order valence-corrected chi connectivity index (χ2v) is 6.01. The highest BCUT2D eigenvalue weighted by Gasteiger charge is 2.10. The van der Waals surface area contributed by atoms with Crippen molar-refractivity contribution >= 4 is 34.1 Å². The van der Waals surface area contributed by atoms with Gasteiger partial charge in [-0.2, -0.15) is 5.10 Å². The molecule has 0 saturated heterocycles. The number of pyridine rings is 1. The van der Waals surface area contributed by atoms with Crippen LogP contribution in [0.1, 0.15) is 12.6 Å². The van der Waals surface area contributed by atoms with Crippen LogP contribution in [0.4, 0.5) is 0 Å². The smallest absolute Gasteiger partial charge is 0.217 e. The van der Waals surface area contributed by atoms with E-state index in [1.165, 1.54) is 13.3 Å². The molecule has 0 bridgehead atoms. The van der Waals surface area contributed by atoms with Crippen molar-refractivity contribution in [1.29, 1.82) is 0 Å². The molecule has 0 atom stereocenters. The number of carbonyl (C=O) groups is 1. The van der Waals surface area contributed by atoms with Gasteiger partial charge in [0.15, 0.2) is 5.65 Å². The van der Waals surface area contributed by atoms with Crippen LogP contribution in [0.2, 0.25) is 5.02 Å². The van der Waals surface area contributed by atoms with Crippen LogP contribution in [0.5, 0.6) is 0 Å². The lowest BCUT2D eigenvalue weighted by atomic mass is 10.1. The first-order valence-electron chi connectivity index (χ1n) is 7.45. The molecule has 0 spiro atoms. The normalized spacial score (nSPS) is 11.2. The Morgan fingerprint density at radius 2 is 2.21 bits per heavy atom. The van der Waals surface area contributed by atoms with Gasteiger partial charge in [-0.05, 0) is 30.3 Å². The van der Waals surface area contributed by atoms with E-state index in [1.807, 2.05) is 36.5 Å². The maximum absolute atomic E-state index is 11.1. The van der Waals surface area contributed by atoms with Crippen LogP contribution in [0, 0.1) is 0 Å². The molecule has 3 aromatic heterocycles. The summed E-state index contributed by atoms with van der Waals surface area (Å²) < 4.78 is 1.72. The fourth-order valence-electron chi connectivity index (χ4n) is 2.73. The van der Waals surface area contributed by atoms with Crippen LogP contribution in [-0.2, 0) is 11.3 Å². The molecule has 0 fully saturated rings. The van der Waals surface area contributed by atoms with Gasteiger partial charge in [0, 0.05) is 45.9 Å². The van der Waals surface area contributed by atoms with Crippen molar-refractivity contribution in [3.63, 3.8) is 0 Å². The lowest BCUT2D eigenvalue weighted by Crippen LogP contribution is -2.18. The Hall–Kier alpha value is -2.86. The fraction of sp³-hybridized carbons (Fsp3) is 0.118. The van der Waals surface area contributed by atoms with E-state index in [0.717, 1.165) is 33.4 Å². The number of rotatable bonds is 3. The highest BCUT2D eigenvalue weighted by molar-refractivity contribution is 6.34. The monoisotopic (exact) mass is 339 g/mol. The van der Waals surface area contributed by atoms with E-state index in [-0.39, 0.29) is 5.91 Å². The summed E-state index contributed by atoms with van der Waals surface area (Å²) in [6, 6.07) is 9.79. The molecular formula is C17H14ClN5O. The van der Waals surface area contributed by atoms with Gasteiger partial charge < -0.3 is 10.3 Å². The predicted molar refractivity (Wildman–Crippen MR) is 92.8 cm³/mol. The van der Waals surface area contributed by atoms with Crippen LogP contribution in [0.15, 0.2) is 42.9 Å². The Morgan fingerprint density at radius 1 is 1.33 bits per heavy atom. The van der Waals surface area contributed by atoms with Crippen molar-refractivity contribution in [2.24, 2.45) is 0 Å². The third-order valence-electron chi connectivity index (χ3n) is 3.88. The van der Waals surface area contributed by atoms with E-state index in [1.54, 1.807) is 4.52 Å². The molecule has 0 saturated carbocycles. The molecule has 0 aliphatic carbocycles. The summed E-state index contributed by atoms with van der Waals surface area (Å²) in [7, 11) is 0. The minimum absolute atomic E-state index is 0.0616. The molecule has 7 heteroatoms. The van der Waals surface area contributed by atoms with Crippen molar-refractivity contribution in [1.82, 2.24) is 24.9 Å². The number of amides is 1. The van der Waals surface area contributed by atoms with E-state index in [2.05, 4.69) is 20.4 Å². The molecule has 0 aliphatic rings. The number of carbonyl (C=O) groups excluding carboxylic acids is 1. The molecule has 2 N–H and O–H groups in total. The van der Waals surface area contributed by atoms with Crippen molar-refractivity contribution in [3.05, 3.63) is 53.6 Å². The van der Waals surface area contributed by atoms with Gasteiger partial charge in [0.2, 0.25) is 5.91 Å². The zero-order valence-electron chi connectivity index (χ0n) is 12.9. The summed E-state index contributed by atoms with van der Waals surface area (Å²) in [5, 5.41) is 8.60. The number of aromatic amines is 1. The maximum atomic E-state index is 11.1. The first-order valence-corrected chi connectivity index (χ1v) is 7.83. The Labute approximate surface area is 142 Å². The van der Waals surface area contributed by atoms with Crippen molar-refractivity contribution in [2.75, 3.05) is 0 Å². The number of hydrogen-bond acceptors (Lipinski definition) is 3. The molecular weight excluding hydrogens is 326 g/mol. The third-order valence-corrected chi connectivity index (χ3v) is 4.19. The second kappa shape index (κ2) is 5.65. The minimum atomic E-state index is -0.0616. The summed E-state index contributed by atoms with van der Waals surface area (Å²) in [6.07, 6.45) is 3.42. The molecule has 6 nitrogen and oxygen atoms in total. The van der Waals surface area contributed by atoms with Crippen LogP contribution < -0.4 is 5.32 Å². The summed E-state index contributed by atoms with van der Waals surface area (Å²) in [5.74, 6) is -0.0616. The van der Waals surface area contributed by atoms with Gasteiger partial charge in [0.05, 0.1) is 6.54 Å². The zero-order valence-corrected chi connectivity index (χ0v) is 13.6. The number of fused-ring (bicyclic) bond motifs is 2. The number of nitrogens with zero attached hydrogens (tertiary/aromatic N) is 3. The summed E-state index contributed by atoms with van der Waals surface area (Å²) in [6.45, 7) is 1.96. The number of H-pyrrole nitrogens is 1. The molecule has 1 aromatic carbocycles. The Bertz CT molecular complexity index is 1070. The Morgan fingerprint density at radius 3 is 3.04 bits per heavy atom. The molecule has 120 valence electrons. The van der Waals surface area contributed by atoms with Gasteiger partial charge in [-0.3, -0.25) is 4.79 Å². The highest BCUT2D eigenvalue weighted by Crippen LogP contribution is 2.32. The molecule has 24 heavy (non-hydrogen) atoms. The molecule has 0 aliphatic heterocycles. The molecule has 4 aromatic rings. The van der Waals surface area contributed by atoms with Crippen LogP contribution >= 0.6 is 11.6 Å². The average molecular weight is 340 g/mol. The Balaban J connectivity index is 1.77. The standard InChI is InChI=1S/C17H14ClN5O/c1-10(24)19-7-13-4-12-5-15(18)14(6-16(12)22-13)11-2-3-17-20-9-21-23(17)8-11/h2-6,8-9,22H,7H2,1H3,(H,19,24). The van der Waals surface area contributed by atoms with E-state index in [0.29, 0.717) is 11.6 Å². The molecule has 1 amide bonds. The minimum Gasteiger partial charge on any atom is -0.357 e. The highest BCUT2D eigenvalue weighted by atomic mass is 35.5. The lowest BCUT2D eigenvalue weighted by molar-refractivity contribution is -0.119. The fourth-order valence-corrected chi connectivity index (χ4v) is 3.01. The molecule has 0 unspecified atom stereocenters. The first-order chi connectivity index (χ1) is 11.6. The summed E-state index contributed by atoms with van der Waals surface area (Å²) >= 11 is 6.47. The first kappa shape index (κ1) is 14.7. The van der Waals surface area contributed by atoms with Gasteiger partial charge >= 0.3 is 0 Å². The molecule has 0 radical (unpaired) electrons. The van der Waals surface area contributed by atoms with Crippen molar-refractivity contribution in [2.45, 2.75) is 13.5 Å². The van der Waals surface area contributed by atoms with Crippen LogP contribution in [-0.4, -0.2) is 25.5 Å². The summed E-state index contributed by atoms with van der Waals surface area (Å²) in [4.78, 5) is 18.5. The largest absolute Gasteiger partial charge is 0.357 e. The third kappa shape index (κ3) is 2.61. The summed E-state index contributed by atoms with van der Waals surface area (Å²) in [5.41, 5.74) is 4.55. The number of halogens is 1. The zero-order chi connectivity index (χ0) is 16.7. The van der Waals surface area contributed by atoms with Gasteiger partial charge in [-0.25, -0.2) is 9.50 Å². The number of aromatic nitrogens is 4. The van der Waals surface area contributed by atoms with Gasteiger partial charge in [0.25, 0.3) is 0 Å². The van der Waals surface area contributed by atoms with Crippen LogP contribution in [0.3, 0.4) is 0 Å². The van der Waals surface area contributed by atoms with E-state index >= 15 is 0 Å². The second-order valence-electron chi connectivity index (χ2n) is 5.60. The van der Waals surface area contributed by atoms with E-state index < -0.39 is 0 Å². The SMILES string of the molecule is CC(=O)NCc1cc2cc(Cl)c(-c3ccc4ncnn4c3)cc2[nH]1. The number of nitrogens with one attached hydrogen (secondary N) is 2. The van der Waals surface area contributed by atoms with Gasteiger partial charge in [-0.1, -0.05) is 11.6 Å². The van der Waals surface area contributed by atoms with Crippen molar-refractivity contribution < 1.29 is 4.79 Å². The van der Waals surface area contributed by atoms with Crippen LogP contribution in [0.25, 0.3) is 27.7 Å². The molecule has 3 heterocycles. The quantitative estimate of drug-likeness (QED) is 0.602.